The van der Waals surface area contributed by atoms with E-state index < -0.39 is 0 Å². The average Bonchev–Trinajstić information content (AvgIpc) is 2.75. The zero-order valence-corrected chi connectivity index (χ0v) is 20.0. The summed E-state index contributed by atoms with van der Waals surface area (Å²) in [4.78, 5) is 0. The second kappa shape index (κ2) is 16.2. The minimum absolute atomic E-state index is 0.0309. The van der Waals surface area contributed by atoms with Crippen molar-refractivity contribution in [1.29, 1.82) is 0 Å². The first kappa shape index (κ1) is 26.5. The van der Waals surface area contributed by atoms with Crippen molar-refractivity contribution in [3.63, 3.8) is 0 Å². The zero-order chi connectivity index (χ0) is 22.2. The van der Waals surface area contributed by atoms with Crippen LogP contribution in [0.4, 0.5) is 0 Å². The van der Waals surface area contributed by atoms with Gasteiger partial charge in [-0.2, -0.15) is 0 Å². The molecule has 0 unspecified atom stereocenters. The predicted octanol–water partition coefficient (Wildman–Crippen LogP) is 7.70. The summed E-state index contributed by atoms with van der Waals surface area (Å²) < 4.78 is 11.0. The average molecular weight is 423 g/mol. The van der Waals surface area contributed by atoms with Gasteiger partial charge in [-0.25, -0.2) is 0 Å². The lowest BCUT2D eigenvalue weighted by Gasteiger charge is -2.20. The second-order valence-electron chi connectivity index (χ2n) is 8.46. The van der Waals surface area contributed by atoms with Gasteiger partial charge in [0.1, 0.15) is 0 Å². The van der Waals surface area contributed by atoms with Gasteiger partial charge in [0.15, 0.2) is 11.5 Å². The molecule has 0 saturated carbocycles. The molecule has 1 rings (SSSR count). The van der Waals surface area contributed by atoms with Gasteiger partial charge in [0.25, 0.3) is 0 Å². The van der Waals surface area contributed by atoms with Crippen LogP contribution in [-0.2, 0) is 12.8 Å². The summed E-state index contributed by atoms with van der Waals surface area (Å²) in [7, 11) is 3.12. The van der Waals surface area contributed by atoms with Crippen LogP contribution >= 0.6 is 0 Å². The van der Waals surface area contributed by atoms with Gasteiger partial charge in [-0.05, 0) is 25.7 Å². The third-order valence-corrected chi connectivity index (χ3v) is 6.04. The molecule has 30 heavy (non-hydrogen) atoms. The van der Waals surface area contributed by atoms with E-state index in [4.69, 9.17) is 9.47 Å². The van der Waals surface area contributed by atoms with E-state index in [1.807, 2.05) is 0 Å². The van der Waals surface area contributed by atoms with Crippen LogP contribution in [0.3, 0.4) is 0 Å². The smallest absolute Gasteiger partial charge is 0.207 e. The highest BCUT2D eigenvalue weighted by atomic mass is 16.5. The van der Waals surface area contributed by atoms with E-state index in [9.17, 15) is 10.2 Å². The number of benzene rings is 1. The Morgan fingerprint density at radius 1 is 0.500 bits per heavy atom. The summed E-state index contributed by atoms with van der Waals surface area (Å²) in [6, 6.07) is 0. The van der Waals surface area contributed by atoms with E-state index in [0.717, 1.165) is 43.2 Å². The van der Waals surface area contributed by atoms with Crippen molar-refractivity contribution in [3.05, 3.63) is 11.1 Å². The van der Waals surface area contributed by atoms with E-state index in [1.165, 1.54) is 77.7 Å². The van der Waals surface area contributed by atoms with Gasteiger partial charge in [-0.15, -0.1) is 0 Å². The number of hydrogen-bond acceptors (Lipinski definition) is 4. The second-order valence-corrected chi connectivity index (χ2v) is 8.46. The molecule has 0 aliphatic heterocycles. The van der Waals surface area contributed by atoms with Gasteiger partial charge >= 0.3 is 0 Å². The molecule has 1 aromatic carbocycles. The van der Waals surface area contributed by atoms with E-state index in [0.29, 0.717) is 5.75 Å². The molecule has 4 heteroatoms. The molecule has 0 bridgehead atoms. The third-order valence-electron chi connectivity index (χ3n) is 6.04. The fourth-order valence-electron chi connectivity index (χ4n) is 4.23. The number of phenols is 2. The number of ether oxygens (including phenoxy) is 2. The fraction of sp³-hybridized carbons (Fsp3) is 0.769. The first-order valence-corrected chi connectivity index (χ1v) is 12.3. The Labute approximate surface area is 185 Å². The maximum Gasteiger partial charge on any atom is 0.207 e. The molecule has 4 nitrogen and oxygen atoms in total. The highest BCUT2D eigenvalue weighted by Gasteiger charge is 2.24. The van der Waals surface area contributed by atoms with E-state index >= 15 is 0 Å². The quantitative estimate of drug-likeness (QED) is 0.188. The molecule has 0 atom stereocenters. The third kappa shape index (κ3) is 8.65. The minimum atomic E-state index is -0.199. The maximum absolute atomic E-state index is 10.7. The van der Waals surface area contributed by atoms with Crippen LogP contribution in [0.2, 0.25) is 0 Å². The molecule has 0 spiro atoms. The molecular weight excluding hydrogens is 376 g/mol. The van der Waals surface area contributed by atoms with Gasteiger partial charge in [0.2, 0.25) is 11.5 Å². The molecule has 1 aromatic rings. The Kier molecular flexibility index (Phi) is 14.2. The SMILES string of the molecule is CCCCCCCCCc1c(O)c(O)c(OC)c(OC)c1CCCCCCCCC. The Morgan fingerprint density at radius 2 is 0.900 bits per heavy atom. The number of unbranched alkanes of at least 4 members (excludes halogenated alkanes) is 12. The summed E-state index contributed by atoms with van der Waals surface area (Å²) in [6.07, 6.45) is 18.8. The normalized spacial score (nSPS) is 11.1. The van der Waals surface area contributed by atoms with Crippen molar-refractivity contribution in [3.8, 4) is 23.0 Å². The molecule has 0 heterocycles. The number of aromatic hydroxyl groups is 2. The van der Waals surface area contributed by atoms with Crippen molar-refractivity contribution in [2.24, 2.45) is 0 Å². The van der Waals surface area contributed by atoms with Crippen molar-refractivity contribution in [2.75, 3.05) is 14.2 Å². The standard InChI is InChI=1S/C26H46O4/c1-5-7-9-11-13-15-17-19-21-22(20-18-16-14-12-10-8-6-2)25(29-3)26(30-4)24(28)23(21)27/h27-28H,5-20H2,1-4H3. The van der Waals surface area contributed by atoms with Gasteiger partial charge in [-0.1, -0.05) is 90.9 Å². The molecule has 0 aliphatic rings. The Morgan fingerprint density at radius 3 is 1.33 bits per heavy atom. The molecule has 0 fully saturated rings. The van der Waals surface area contributed by atoms with Gasteiger partial charge in [0, 0.05) is 11.1 Å². The zero-order valence-electron chi connectivity index (χ0n) is 20.0. The summed E-state index contributed by atoms with van der Waals surface area (Å²) >= 11 is 0. The van der Waals surface area contributed by atoms with Crippen LogP contribution in [0.15, 0.2) is 0 Å². The first-order chi connectivity index (χ1) is 14.6. The molecule has 0 saturated heterocycles. The van der Waals surface area contributed by atoms with Crippen LogP contribution in [0.5, 0.6) is 23.0 Å². The van der Waals surface area contributed by atoms with E-state index in [-0.39, 0.29) is 17.2 Å². The highest BCUT2D eigenvalue weighted by Crippen LogP contribution is 2.49. The van der Waals surface area contributed by atoms with E-state index in [1.54, 1.807) is 7.11 Å². The predicted molar refractivity (Wildman–Crippen MR) is 126 cm³/mol. The topological polar surface area (TPSA) is 58.9 Å². The Hall–Kier alpha value is -1.58. The lowest BCUT2D eigenvalue weighted by atomic mass is 9.93. The van der Waals surface area contributed by atoms with E-state index in [2.05, 4.69) is 13.8 Å². The van der Waals surface area contributed by atoms with Crippen LogP contribution in [0.25, 0.3) is 0 Å². The molecule has 0 aliphatic carbocycles. The Bertz CT molecular complexity index is 583. The molecule has 2 N–H and O–H groups in total. The first-order valence-electron chi connectivity index (χ1n) is 12.3. The van der Waals surface area contributed by atoms with Crippen LogP contribution < -0.4 is 9.47 Å². The van der Waals surface area contributed by atoms with Gasteiger partial charge in [-0.3, -0.25) is 0 Å². The highest BCUT2D eigenvalue weighted by molar-refractivity contribution is 5.66. The van der Waals surface area contributed by atoms with Gasteiger partial charge in [0.05, 0.1) is 14.2 Å². The Balaban J connectivity index is 2.79. The fourth-order valence-corrected chi connectivity index (χ4v) is 4.23. The number of hydrogen-bond donors (Lipinski definition) is 2. The summed E-state index contributed by atoms with van der Waals surface area (Å²) in [5.41, 5.74) is 1.84. The molecular formula is C26H46O4. The largest absolute Gasteiger partial charge is 0.504 e. The lowest BCUT2D eigenvalue weighted by molar-refractivity contribution is 0.316. The summed E-state index contributed by atoms with van der Waals surface area (Å²) in [5, 5.41) is 21.1. The van der Waals surface area contributed by atoms with Crippen molar-refractivity contribution < 1.29 is 19.7 Å². The number of rotatable bonds is 18. The van der Waals surface area contributed by atoms with Crippen LogP contribution in [0, 0.1) is 0 Å². The summed E-state index contributed by atoms with van der Waals surface area (Å²) in [5.74, 6) is 0.597. The monoisotopic (exact) mass is 422 g/mol. The molecule has 0 radical (unpaired) electrons. The van der Waals surface area contributed by atoms with Crippen molar-refractivity contribution in [2.45, 2.75) is 117 Å². The molecule has 0 aromatic heterocycles. The van der Waals surface area contributed by atoms with Crippen LogP contribution in [0.1, 0.15) is 115 Å². The number of methoxy groups -OCH3 is 2. The maximum atomic E-state index is 10.7. The lowest BCUT2D eigenvalue weighted by Crippen LogP contribution is -2.03. The van der Waals surface area contributed by atoms with Crippen LogP contribution in [-0.4, -0.2) is 24.4 Å². The summed E-state index contributed by atoms with van der Waals surface area (Å²) in [6.45, 7) is 4.47. The van der Waals surface area contributed by atoms with Crippen molar-refractivity contribution >= 4 is 0 Å². The minimum Gasteiger partial charge on any atom is -0.504 e. The van der Waals surface area contributed by atoms with Crippen molar-refractivity contribution in [1.82, 2.24) is 0 Å². The van der Waals surface area contributed by atoms with Gasteiger partial charge < -0.3 is 19.7 Å². The number of phenolic OH excluding ortho intramolecular Hbond substituents is 2. The molecule has 0 amide bonds. The molecule has 174 valence electrons.